The van der Waals surface area contributed by atoms with Gasteiger partial charge in [-0.25, -0.2) is 9.36 Å². The van der Waals surface area contributed by atoms with Crippen molar-refractivity contribution in [2.24, 2.45) is 7.05 Å². The highest BCUT2D eigenvalue weighted by Gasteiger charge is 2.35. The number of benzene rings is 1. The lowest BCUT2D eigenvalue weighted by Crippen LogP contribution is -2.40. The molecule has 0 aliphatic rings. The maximum atomic E-state index is 13.1. The summed E-state index contributed by atoms with van der Waals surface area (Å²) in [5, 5.41) is 8.91. The second-order valence-electron chi connectivity index (χ2n) is 6.59. The van der Waals surface area contributed by atoms with Gasteiger partial charge in [0.05, 0.1) is 32.7 Å². The molecular weight excluding hydrogens is 462 g/mol. The second kappa shape index (κ2) is 7.89. The monoisotopic (exact) mass is 475 g/mol. The van der Waals surface area contributed by atoms with E-state index in [-0.39, 0.29) is 37.6 Å². The van der Waals surface area contributed by atoms with E-state index in [1.54, 1.807) is 13.8 Å². The third-order valence-corrected chi connectivity index (χ3v) is 5.11. The summed E-state index contributed by atoms with van der Waals surface area (Å²) in [4.78, 5) is 37.5. The standard InChI is InChI=1S/C18H14Cl2F3N5O3/c1-7-15(8(2)26-25-7)16(30)24-11-5-12(10(20)4-9(11)19)28-14(29)6-13(18(21,22)23)27(3)17(28)31/h4-6H,1-3H3,(H,24,30)(H,25,26). The number of carbonyl (C=O) groups is 1. The van der Waals surface area contributed by atoms with Crippen molar-refractivity contribution < 1.29 is 18.0 Å². The summed E-state index contributed by atoms with van der Waals surface area (Å²) in [6.07, 6.45) is -4.91. The number of H-pyrrole nitrogens is 1. The summed E-state index contributed by atoms with van der Waals surface area (Å²) in [6.45, 7) is 3.24. The quantitative estimate of drug-likeness (QED) is 0.605. The van der Waals surface area contributed by atoms with Gasteiger partial charge in [-0.1, -0.05) is 23.2 Å². The SMILES string of the molecule is Cc1n[nH]c(C)c1C(=O)Nc1cc(-n2c(=O)cc(C(F)(F)F)n(C)c2=O)c(Cl)cc1Cl. The van der Waals surface area contributed by atoms with Gasteiger partial charge in [-0.2, -0.15) is 18.3 Å². The third kappa shape index (κ3) is 4.10. The molecule has 0 spiro atoms. The van der Waals surface area contributed by atoms with Gasteiger partial charge in [0.2, 0.25) is 0 Å². The maximum Gasteiger partial charge on any atom is 0.431 e. The zero-order valence-electron chi connectivity index (χ0n) is 16.2. The molecule has 164 valence electrons. The Labute approximate surface area is 182 Å². The number of rotatable bonds is 3. The van der Waals surface area contributed by atoms with Crippen LogP contribution in [-0.2, 0) is 13.2 Å². The Hall–Kier alpha value is -3.05. The number of carbonyl (C=O) groups excluding carboxylic acids is 1. The highest BCUT2D eigenvalue weighted by molar-refractivity contribution is 6.38. The van der Waals surface area contributed by atoms with Crippen molar-refractivity contribution in [2.75, 3.05) is 5.32 Å². The van der Waals surface area contributed by atoms with Crippen LogP contribution in [0.2, 0.25) is 10.0 Å². The molecule has 31 heavy (non-hydrogen) atoms. The van der Waals surface area contributed by atoms with E-state index in [1.165, 1.54) is 0 Å². The Morgan fingerprint density at radius 1 is 1.13 bits per heavy atom. The van der Waals surface area contributed by atoms with E-state index in [2.05, 4.69) is 15.5 Å². The number of hydrogen-bond acceptors (Lipinski definition) is 4. The van der Waals surface area contributed by atoms with Gasteiger partial charge in [-0.3, -0.25) is 19.3 Å². The third-order valence-electron chi connectivity index (χ3n) is 4.49. The summed E-state index contributed by atoms with van der Waals surface area (Å²) in [7, 11) is 0.873. The van der Waals surface area contributed by atoms with Crippen LogP contribution in [0.4, 0.5) is 18.9 Å². The minimum Gasteiger partial charge on any atom is -0.320 e. The first kappa shape index (κ1) is 22.6. The van der Waals surface area contributed by atoms with Gasteiger partial charge in [0.1, 0.15) is 5.69 Å². The number of nitrogens with one attached hydrogen (secondary N) is 2. The first-order chi connectivity index (χ1) is 14.3. The van der Waals surface area contributed by atoms with Crippen molar-refractivity contribution in [3.63, 3.8) is 0 Å². The zero-order chi connectivity index (χ0) is 23.2. The van der Waals surface area contributed by atoms with E-state index in [0.29, 0.717) is 16.0 Å². The molecule has 0 saturated heterocycles. The van der Waals surface area contributed by atoms with Gasteiger partial charge < -0.3 is 5.32 Å². The Balaban J connectivity index is 2.15. The molecule has 0 unspecified atom stereocenters. The molecule has 2 N–H and O–H groups in total. The van der Waals surface area contributed by atoms with Crippen molar-refractivity contribution in [1.29, 1.82) is 0 Å². The fraction of sp³-hybridized carbons (Fsp3) is 0.222. The topological polar surface area (TPSA) is 102 Å². The Bertz CT molecular complexity index is 1310. The number of nitrogens with zero attached hydrogens (tertiary/aromatic N) is 3. The lowest BCUT2D eigenvalue weighted by Gasteiger charge is -2.16. The number of amides is 1. The van der Waals surface area contributed by atoms with Crippen molar-refractivity contribution >= 4 is 34.8 Å². The lowest BCUT2D eigenvalue weighted by molar-refractivity contribution is -0.144. The largest absolute Gasteiger partial charge is 0.431 e. The molecule has 0 saturated carbocycles. The molecule has 0 atom stereocenters. The Morgan fingerprint density at radius 3 is 2.32 bits per heavy atom. The highest BCUT2D eigenvalue weighted by Crippen LogP contribution is 2.32. The predicted molar refractivity (Wildman–Crippen MR) is 108 cm³/mol. The smallest absolute Gasteiger partial charge is 0.320 e. The van der Waals surface area contributed by atoms with Crippen LogP contribution in [0.25, 0.3) is 5.69 Å². The van der Waals surface area contributed by atoms with Crippen molar-refractivity contribution in [1.82, 2.24) is 19.3 Å². The number of alkyl halides is 3. The summed E-state index contributed by atoms with van der Waals surface area (Å²) in [5.41, 5.74) is -3.03. The van der Waals surface area contributed by atoms with E-state index >= 15 is 0 Å². The van der Waals surface area contributed by atoms with Gasteiger partial charge in [0.25, 0.3) is 11.5 Å². The van der Waals surface area contributed by atoms with Crippen molar-refractivity contribution in [3.8, 4) is 5.69 Å². The van der Waals surface area contributed by atoms with Crippen molar-refractivity contribution in [3.05, 3.63) is 71.7 Å². The maximum absolute atomic E-state index is 13.1. The molecule has 0 bridgehead atoms. The minimum atomic E-state index is -4.91. The number of hydrogen-bond donors (Lipinski definition) is 2. The summed E-state index contributed by atoms with van der Waals surface area (Å²) in [5.74, 6) is -0.577. The molecule has 0 radical (unpaired) electrons. The number of anilines is 1. The fourth-order valence-electron chi connectivity index (χ4n) is 2.99. The summed E-state index contributed by atoms with van der Waals surface area (Å²) < 4.78 is 40.0. The van der Waals surface area contributed by atoms with Crippen LogP contribution in [0.3, 0.4) is 0 Å². The molecule has 3 aromatic rings. The Kier molecular flexibility index (Phi) is 5.76. The molecule has 2 aromatic heterocycles. The molecule has 0 aliphatic heterocycles. The van der Waals surface area contributed by atoms with Crippen LogP contribution in [0.1, 0.15) is 27.4 Å². The van der Waals surface area contributed by atoms with Crippen LogP contribution in [0.15, 0.2) is 27.8 Å². The first-order valence-electron chi connectivity index (χ1n) is 8.55. The molecule has 3 rings (SSSR count). The molecule has 1 amide bonds. The molecule has 0 fully saturated rings. The molecule has 13 heteroatoms. The van der Waals surface area contributed by atoms with Crippen LogP contribution in [0.5, 0.6) is 0 Å². The number of aromatic nitrogens is 4. The van der Waals surface area contributed by atoms with Crippen LogP contribution in [-0.4, -0.2) is 25.2 Å². The van der Waals surface area contributed by atoms with Gasteiger partial charge in [-0.15, -0.1) is 0 Å². The number of aromatic amines is 1. The Morgan fingerprint density at radius 2 is 1.77 bits per heavy atom. The highest BCUT2D eigenvalue weighted by atomic mass is 35.5. The van der Waals surface area contributed by atoms with E-state index in [4.69, 9.17) is 23.2 Å². The van der Waals surface area contributed by atoms with Crippen LogP contribution >= 0.6 is 23.2 Å². The normalized spacial score (nSPS) is 11.6. The zero-order valence-corrected chi connectivity index (χ0v) is 17.7. The minimum absolute atomic E-state index is 0.0140. The number of halogens is 5. The average Bonchev–Trinajstić information content (AvgIpc) is 2.99. The predicted octanol–water partition coefficient (Wildman–Crippen LogP) is 3.45. The van der Waals surface area contributed by atoms with Gasteiger partial charge in [0.15, 0.2) is 0 Å². The van der Waals surface area contributed by atoms with E-state index in [9.17, 15) is 27.6 Å². The van der Waals surface area contributed by atoms with Gasteiger partial charge >= 0.3 is 11.9 Å². The summed E-state index contributed by atoms with van der Waals surface area (Å²) in [6, 6.07) is 2.57. The second-order valence-corrected chi connectivity index (χ2v) is 7.40. The van der Waals surface area contributed by atoms with Gasteiger partial charge in [0, 0.05) is 18.8 Å². The lowest BCUT2D eigenvalue weighted by atomic mass is 10.1. The first-order valence-corrected chi connectivity index (χ1v) is 9.31. The molecule has 1 aromatic carbocycles. The van der Waals surface area contributed by atoms with E-state index in [1.807, 2.05) is 0 Å². The number of aryl methyl sites for hydroxylation is 2. The van der Waals surface area contributed by atoms with Crippen LogP contribution < -0.4 is 16.6 Å². The van der Waals surface area contributed by atoms with E-state index < -0.39 is 29.0 Å². The van der Waals surface area contributed by atoms with E-state index in [0.717, 1.165) is 19.2 Å². The molecule has 2 heterocycles. The molecular formula is C18H14Cl2F3N5O3. The van der Waals surface area contributed by atoms with Gasteiger partial charge in [-0.05, 0) is 26.0 Å². The average molecular weight is 476 g/mol. The molecule has 8 nitrogen and oxygen atoms in total. The fourth-order valence-corrected chi connectivity index (χ4v) is 3.51. The van der Waals surface area contributed by atoms with Crippen LogP contribution in [0, 0.1) is 13.8 Å². The molecule has 0 aliphatic carbocycles. The van der Waals surface area contributed by atoms with Crippen molar-refractivity contribution in [2.45, 2.75) is 20.0 Å². The summed E-state index contributed by atoms with van der Waals surface area (Å²) >= 11 is 12.2.